The summed E-state index contributed by atoms with van der Waals surface area (Å²) in [6.45, 7) is 0.904. The second-order valence-electron chi connectivity index (χ2n) is 5.02. The first-order valence-electron chi connectivity index (χ1n) is 6.57. The highest BCUT2D eigenvalue weighted by molar-refractivity contribution is 5.72. The molecule has 0 bridgehead atoms. The van der Waals surface area contributed by atoms with Crippen molar-refractivity contribution in [1.82, 2.24) is 4.90 Å². The molecular weight excluding hydrogens is 242 g/mol. The van der Waals surface area contributed by atoms with E-state index in [4.69, 9.17) is 9.47 Å². The number of methoxy groups -OCH3 is 2. The number of esters is 1. The zero-order valence-electron chi connectivity index (χ0n) is 11.8. The Morgan fingerprint density at radius 3 is 2.84 bits per heavy atom. The molecule has 4 heteroatoms. The summed E-state index contributed by atoms with van der Waals surface area (Å²) in [5, 5.41) is 0. The zero-order valence-corrected chi connectivity index (χ0v) is 11.8. The summed E-state index contributed by atoms with van der Waals surface area (Å²) in [5.74, 6) is 0.754. The number of hydrogen-bond donors (Lipinski definition) is 0. The highest BCUT2D eigenvalue weighted by atomic mass is 16.5. The quantitative estimate of drug-likeness (QED) is 0.784. The van der Waals surface area contributed by atoms with E-state index in [1.165, 1.54) is 12.7 Å². The number of rotatable bonds is 3. The van der Waals surface area contributed by atoms with Gasteiger partial charge in [0.25, 0.3) is 0 Å². The van der Waals surface area contributed by atoms with E-state index >= 15 is 0 Å². The van der Waals surface area contributed by atoms with Crippen LogP contribution in [-0.2, 0) is 9.53 Å². The number of piperidine rings is 1. The fourth-order valence-electron chi connectivity index (χ4n) is 2.70. The van der Waals surface area contributed by atoms with Gasteiger partial charge in [0.2, 0.25) is 0 Å². The highest BCUT2D eigenvalue weighted by Crippen LogP contribution is 2.34. The summed E-state index contributed by atoms with van der Waals surface area (Å²) in [4.78, 5) is 14.0. The van der Waals surface area contributed by atoms with Crippen molar-refractivity contribution in [2.75, 3.05) is 27.8 Å². The second kappa shape index (κ2) is 6.06. The fourth-order valence-corrected chi connectivity index (χ4v) is 2.70. The Labute approximate surface area is 114 Å². The molecule has 0 radical (unpaired) electrons. The number of carbonyl (C=O) groups is 1. The van der Waals surface area contributed by atoms with Crippen LogP contribution in [0.4, 0.5) is 0 Å². The summed E-state index contributed by atoms with van der Waals surface area (Å²) >= 11 is 0. The van der Waals surface area contributed by atoms with Crippen LogP contribution in [0.15, 0.2) is 24.3 Å². The summed E-state index contributed by atoms with van der Waals surface area (Å²) in [5.41, 5.74) is 1.19. The molecule has 2 unspecified atom stereocenters. The van der Waals surface area contributed by atoms with Crippen LogP contribution in [0, 0.1) is 5.92 Å². The lowest BCUT2D eigenvalue weighted by molar-refractivity contribution is -0.147. The molecule has 2 atom stereocenters. The van der Waals surface area contributed by atoms with Crippen molar-refractivity contribution < 1.29 is 14.3 Å². The van der Waals surface area contributed by atoms with E-state index < -0.39 is 0 Å². The third kappa shape index (κ3) is 3.07. The van der Waals surface area contributed by atoms with Gasteiger partial charge in [-0.25, -0.2) is 0 Å². The van der Waals surface area contributed by atoms with Crippen LogP contribution in [0.1, 0.15) is 24.4 Å². The minimum Gasteiger partial charge on any atom is -0.497 e. The first kappa shape index (κ1) is 13.9. The number of benzene rings is 1. The Morgan fingerprint density at radius 2 is 2.16 bits per heavy atom. The van der Waals surface area contributed by atoms with Crippen molar-refractivity contribution in [3.05, 3.63) is 29.8 Å². The van der Waals surface area contributed by atoms with Crippen LogP contribution in [0.2, 0.25) is 0 Å². The molecule has 1 fully saturated rings. The third-order valence-corrected chi connectivity index (χ3v) is 3.88. The molecule has 0 N–H and O–H groups in total. The van der Waals surface area contributed by atoms with Crippen molar-refractivity contribution in [2.45, 2.75) is 18.9 Å². The van der Waals surface area contributed by atoms with Crippen LogP contribution in [0.5, 0.6) is 5.75 Å². The molecule has 1 aromatic carbocycles. The Balaban J connectivity index is 2.18. The van der Waals surface area contributed by atoms with Gasteiger partial charge >= 0.3 is 5.97 Å². The standard InChI is InChI=1S/C15H21NO3/c1-16-8-7-12(15(17)19-3)10-14(16)11-5-4-6-13(9-11)18-2/h4-6,9,12,14H,7-8,10H2,1-3H3. The third-order valence-electron chi connectivity index (χ3n) is 3.88. The maximum absolute atomic E-state index is 11.7. The van der Waals surface area contributed by atoms with Gasteiger partial charge in [0.05, 0.1) is 20.1 Å². The summed E-state index contributed by atoms with van der Waals surface area (Å²) in [7, 11) is 5.22. The lowest BCUT2D eigenvalue weighted by Crippen LogP contribution is -2.36. The topological polar surface area (TPSA) is 38.8 Å². The van der Waals surface area contributed by atoms with Gasteiger partial charge in [-0.15, -0.1) is 0 Å². The van der Waals surface area contributed by atoms with Crippen LogP contribution < -0.4 is 4.74 Å². The van der Waals surface area contributed by atoms with Gasteiger partial charge in [-0.2, -0.15) is 0 Å². The largest absolute Gasteiger partial charge is 0.497 e. The van der Waals surface area contributed by atoms with Crippen molar-refractivity contribution in [2.24, 2.45) is 5.92 Å². The molecule has 0 amide bonds. The van der Waals surface area contributed by atoms with E-state index in [9.17, 15) is 4.79 Å². The molecule has 2 rings (SSSR count). The zero-order chi connectivity index (χ0) is 13.8. The second-order valence-corrected chi connectivity index (χ2v) is 5.02. The summed E-state index contributed by atoms with van der Waals surface area (Å²) < 4.78 is 10.1. The normalized spacial score (nSPS) is 23.9. The first-order valence-corrected chi connectivity index (χ1v) is 6.57. The molecule has 4 nitrogen and oxygen atoms in total. The SMILES string of the molecule is COC(=O)C1CCN(C)C(c2cccc(OC)c2)C1. The molecule has 1 heterocycles. The van der Waals surface area contributed by atoms with Gasteiger partial charge in [0, 0.05) is 6.04 Å². The Bertz CT molecular complexity index is 447. The van der Waals surface area contributed by atoms with Crippen LogP contribution in [-0.4, -0.2) is 38.7 Å². The van der Waals surface area contributed by atoms with Crippen LogP contribution >= 0.6 is 0 Å². The van der Waals surface area contributed by atoms with Gasteiger partial charge < -0.3 is 9.47 Å². The average molecular weight is 263 g/mol. The molecular formula is C15H21NO3. The van der Waals surface area contributed by atoms with Gasteiger partial charge in [-0.05, 0) is 44.1 Å². The van der Waals surface area contributed by atoms with Gasteiger partial charge in [-0.3, -0.25) is 9.69 Å². The van der Waals surface area contributed by atoms with Crippen molar-refractivity contribution >= 4 is 5.97 Å². The minimum absolute atomic E-state index is 0.00241. The summed E-state index contributed by atoms with van der Waals surface area (Å²) in [6.07, 6.45) is 1.67. The van der Waals surface area contributed by atoms with E-state index in [1.54, 1.807) is 7.11 Å². The molecule has 1 aromatic rings. The predicted molar refractivity (Wildman–Crippen MR) is 73.1 cm³/mol. The van der Waals surface area contributed by atoms with E-state index in [1.807, 2.05) is 18.2 Å². The summed E-state index contributed by atoms with van der Waals surface area (Å²) in [6, 6.07) is 8.30. The molecule has 1 aliphatic heterocycles. The maximum atomic E-state index is 11.7. The maximum Gasteiger partial charge on any atom is 0.308 e. The number of ether oxygens (including phenoxy) is 2. The number of likely N-dealkylation sites (tertiary alicyclic amines) is 1. The smallest absolute Gasteiger partial charge is 0.308 e. The molecule has 0 aromatic heterocycles. The molecule has 104 valence electrons. The molecule has 0 spiro atoms. The first-order chi connectivity index (χ1) is 9.15. The van der Waals surface area contributed by atoms with Crippen LogP contribution in [0.25, 0.3) is 0 Å². The molecule has 0 saturated carbocycles. The monoisotopic (exact) mass is 263 g/mol. The van der Waals surface area contributed by atoms with E-state index in [-0.39, 0.29) is 17.9 Å². The van der Waals surface area contributed by atoms with E-state index in [0.717, 1.165) is 25.1 Å². The minimum atomic E-state index is -0.0963. The fraction of sp³-hybridized carbons (Fsp3) is 0.533. The number of hydrogen-bond acceptors (Lipinski definition) is 4. The lowest BCUT2D eigenvalue weighted by Gasteiger charge is -2.36. The average Bonchev–Trinajstić information content (AvgIpc) is 2.47. The van der Waals surface area contributed by atoms with Crippen LogP contribution in [0.3, 0.4) is 0 Å². The van der Waals surface area contributed by atoms with Gasteiger partial charge in [0.1, 0.15) is 5.75 Å². The molecule has 0 aliphatic carbocycles. The molecule has 19 heavy (non-hydrogen) atoms. The van der Waals surface area contributed by atoms with Crippen molar-refractivity contribution in [3.8, 4) is 5.75 Å². The molecule has 1 aliphatic rings. The van der Waals surface area contributed by atoms with Crippen molar-refractivity contribution in [1.29, 1.82) is 0 Å². The lowest BCUT2D eigenvalue weighted by atomic mass is 9.87. The predicted octanol–water partition coefficient (Wildman–Crippen LogP) is 2.25. The Hall–Kier alpha value is -1.55. The Kier molecular flexibility index (Phi) is 4.43. The number of carbonyl (C=O) groups excluding carboxylic acids is 1. The van der Waals surface area contributed by atoms with E-state index in [2.05, 4.69) is 18.0 Å². The van der Waals surface area contributed by atoms with E-state index in [0.29, 0.717) is 0 Å². The highest BCUT2D eigenvalue weighted by Gasteiger charge is 2.31. The molecule has 1 saturated heterocycles. The number of nitrogens with zero attached hydrogens (tertiary/aromatic N) is 1. The van der Waals surface area contributed by atoms with Gasteiger partial charge in [-0.1, -0.05) is 12.1 Å². The van der Waals surface area contributed by atoms with Crippen molar-refractivity contribution in [3.63, 3.8) is 0 Å². The van der Waals surface area contributed by atoms with Gasteiger partial charge in [0.15, 0.2) is 0 Å². The Morgan fingerprint density at radius 1 is 1.37 bits per heavy atom.